The van der Waals surface area contributed by atoms with E-state index in [9.17, 15) is 14.3 Å². The van der Waals surface area contributed by atoms with E-state index in [1.165, 1.54) is 6.20 Å². The van der Waals surface area contributed by atoms with Gasteiger partial charge in [-0.05, 0) is 19.4 Å². The molecule has 0 spiro atoms. The van der Waals surface area contributed by atoms with Crippen LogP contribution in [-0.4, -0.2) is 32.7 Å². The average molecular weight is 257 g/mol. The minimum atomic E-state index is -0.836. The van der Waals surface area contributed by atoms with Crippen molar-refractivity contribution in [2.75, 3.05) is 23.9 Å². The summed E-state index contributed by atoms with van der Waals surface area (Å²) >= 11 is 0. The minimum absolute atomic E-state index is 0.00474. The van der Waals surface area contributed by atoms with E-state index >= 15 is 0 Å². The van der Waals surface area contributed by atoms with Gasteiger partial charge >= 0.3 is 5.69 Å². The third-order valence-corrected chi connectivity index (χ3v) is 3.07. The van der Waals surface area contributed by atoms with Gasteiger partial charge in [0.1, 0.15) is 0 Å². The number of nitrogens with zero attached hydrogens (tertiary/aromatic N) is 2. The van der Waals surface area contributed by atoms with Crippen LogP contribution in [-0.2, 0) is 10.8 Å². The van der Waals surface area contributed by atoms with Gasteiger partial charge in [0.2, 0.25) is 5.82 Å². The van der Waals surface area contributed by atoms with Crippen molar-refractivity contribution in [1.82, 2.24) is 4.98 Å². The highest BCUT2D eigenvalue weighted by molar-refractivity contribution is 7.84. The van der Waals surface area contributed by atoms with E-state index in [2.05, 4.69) is 10.3 Å². The highest BCUT2D eigenvalue weighted by Gasteiger charge is 2.17. The molecule has 94 valence electrons. The van der Waals surface area contributed by atoms with Crippen LogP contribution in [0.15, 0.2) is 12.3 Å². The molecule has 17 heavy (non-hydrogen) atoms. The Hall–Kier alpha value is -1.50. The van der Waals surface area contributed by atoms with Crippen LogP contribution < -0.4 is 5.32 Å². The maximum Gasteiger partial charge on any atom is 0.314 e. The van der Waals surface area contributed by atoms with Gasteiger partial charge in [-0.15, -0.1) is 0 Å². The zero-order valence-corrected chi connectivity index (χ0v) is 10.6. The van der Waals surface area contributed by atoms with Crippen molar-refractivity contribution < 1.29 is 9.13 Å². The molecule has 1 N–H and O–H groups in total. The van der Waals surface area contributed by atoms with Gasteiger partial charge in [0.15, 0.2) is 0 Å². The molecule has 1 unspecified atom stereocenters. The summed E-state index contributed by atoms with van der Waals surface area (Å²) in [5.74, 6) is 0.851. The fourth-order valence-electron chi connectivity index (χ4n) is 1.39. The maximum atomic E-state index is 10.9. The van der Waals surface area contributed by atoms with Crippen LogP contribution in [0.25, 0.3) is 0 Å². The van der Waals surface area contributed by atoms with Crippen molar-refractivity contribution in [3.8, 4) is 0 Å². The molecule has 6 nitrogen and oxygen atoms in total. The number of aryl methyl sites for hydroxylation is 1. The quantitative estimate of drug-likeness (QED) is 0.474. The Morgan fingerprint density at radius 3 is 2.88 bits per heavy atom. The first-order valence-corrected chi connectivity index (χ1v) is 6.89. The smallest absolute Gasteiger partial charge is 0.314 e. The van der Waals surface area contributed by atoms with E-state index in [4.69, 9.17) is 0 Å². The second-order valence-electron chi connectivity index (χ2n) is 3.64. The van der Waals surface area contributed by atoms with Crippen molar-refractivity contribution >= 4 is 22.3 Å². The molecule has 0 aromatic carbocycles. The molecule has 0 fully saturated rings. The van der Waals surface area contributed by atoms with Crippen LogP contribution in [0.3, 0.4) is 0 Å². The third kappa shape index (κ3) is 4.10. The number of anilines is 1. The lowest BCUT2D eigenvalue weighted by molar-refractivity contribution is -0.384. The number of rotatable bonds is 6. The fourth-order valence-corrected chi connectivity index (χ4v) is 1.94. The number of nitrogens with one attached hydrogen (secondary N) is 1. The van der Waals surface area contributed by atoms with Gasteiger partial charge in [0.05, 0.1) is 4.92 Å². The Balaban J connectivity index is 2.67. The second kappa shape index (κ2) is 6.29. The van der Waals surface area contributed by atoms with Gasteiger partial charge in [0.25, 0.3) is 0 Å². The number of pyridine rings is 1. The molecule has 1 heterocycles. The molecule has 0 aliphatic heterocycles. The first-order chi connectivity index (χ1) is 8.02. The van der Waals surface area contributed by atoms with Gasteiger partial charge in [-0.3, -0.25) is 14.3 Å². The van der Waals surface area contributed by atoms with E-state index < -0.39 is 15.7 Å². The molecule has 1 rings (SSSR count). The van der Waals surface area contributed by atoms with Crippen molar-refractivity contribution in [2.45, 2.75) is 13.3 Å². The monoisotopic (exact) mass is 257 g/mol. The molecule has 1 aromatic heterocycles. The SMILES string of the molecule is Cc1ccnc(NCCCS(C)=O)c1[N+](=O)[O-]. The summed E-state index contributed by atoms with van der Waals surface area (Å²) in [6.07, 6.45) is 3.85. The first kappa shape index (κ1) is 13.6. The summed E-state index contributed by atoms with van der Waals surface area (Å²) in [4.78, 5) is 14.4. The number of hydrogen-bond acceptors (Lipinski definition) is 5. The van der Waals surface area contributed by atoms with Crippen molar-refractivity contribution in [1.29, 1.82) is 0 Å². The molecule has 7 heteroatoms. The highest BCUT2D eigenvalue weighted by Crippen LogP contribution is 2.25. The maximum absolute atomic E-state index is 10.9. The molecule has 0 radical (unpaired) electrons. The molecular formula is C10H15N3O3S. The summed E-state index contributed by atoms with van der Waals surface area (Å²) in [5.41, 5.74) is 0.580. The van der Waals surface area contributed by atoms with Gasteiger partial charge in [-0.2, -0.15) is 0 Å². The predicted molar refractivity (Wildman–Crippen MR) is 67.7 cm³/mol. The summed E-state index contributed by atoms with van der Waals surface area (Å²) in [6.45, 7) is 2.20. The zero-order valence-electron chi connectivity index (χ0n) is 9.80. The summed E-state index contributed by atoms with van der Waals surface area (Å²) in [7, 11) is -0.836. The molecule has 0 bridgehead atoms. The topological polar surface area (TPSA) is 85.1 Å². The van der Waals surface area contributed by atoms with Crippen LogP contribution in [0, 0.1) is 17.0 Å². The zero-order chi connectivity index (χ0) is 12.8. The average Bonchev–Trinajstić information content (AvgIpc) is 2.23. The Labute approximate surface area is 102 Å². The lowest BCUT2D eigenvalue weighted by atomic mass is 10.2. The van der Waals surface area contributed by atoms with E-state index in [1.807, 2.05) is 0 Å². The Morgan fingerprint density at radius 1 is 1.59 bits per heavy atom. The third-order valence-electron chi connectivity index (χ3n) is 2.21. The summed E-state index contributed by atoms with van der Waals surface area (Å²) in [5, 5.41) is 13.8. The van der Waals surface area contributed by atoms with Gasteiger partial charge in [-0.25, -0.2) is 4.98 Å². The molecule has 0 aliphatic rings. The largest absolute Gasteiger partial charge is 0.364 e. The molecule has 0 aliphatic carbocycles. The molecule has 0 saturated carbocycles. The normalized spacial score (nSPS) is 12.1. The van der Waals surface area contributed by atoms with E-state index in [1.54, 1.807) is 19.2 Å². The summed E-state index contributed by atoms with van der Waals surface area (Å²) < 4.78 is 10.8. The van der Waals surface area contributed by atoms with Crippen molar-refractivity contribution in [3.05, 3.63) is 27.9 Å². The lowest BCUT2D eigenvalue weighted by Crippen LogP contribution is -2.09. The minimum Gasteiger partial charge on any atom is -0.364 e. The van der Waals surface area contributed by atoms with Crippen LogP contribution in [0.2, 0.25) is 0 Å². The first-order valence-electron chi connectivity index (χ1n) is 5.16. The van der Waals surface area contributed by atoms with Crippen molar-refractivity contribution in [3.63, 3.8) is 0 Å². The second-order valence-corrected chi connectivity index (χ2v) is 5.19. The summed E-state index contributed by atoms with van der Waals surface area (Å²) in [6, 6.07) is 1.60. The van der Waals surface area contributed by atoms with Crippen LogP contribution in [0.5, 0.6) is 0 Å². The molecular weight excluding hydrogens is 242 g/mol. The van der Waals surface area contributed by atoms with Gasteiger partial charge in [-0.1, -0.05) is 0 Å². The Bertz CT molecular complexity index is 437. The van der Waals surface area contributed by atoms with Crippen LogP contribution in [0.1, 0.15) is 12.0 Å². The number of hydrogen-bond donors (Lipinski definition) is 1. The lowest BCUT2D eigenvalue weighted by Gasteiger charge is -2.06. The van der Waals surface area contributed by atoms with Crippen LogP contribution in [0.4, 0.5) is 11.5 Å². The fraction of sp³-hybridized carbons (Fsp3) is 0.500. The van der Waals surface area contributed by atoms with Crippen LogP contribution >= 0.6 is 0 Å². The molecule has 0 amide bonds. The Kier molecular flexibility index (Phi) is 5.02. The Morgan fingerprint density at radius 2 is 2.29 bits per heavy atom. The van der Waals surface area contributed by atoms with E-state index in [-0.39, 0.29) is 11.5 Å². The molecule has 0 saturated heterocycles. The van der Waals surface area contributed by atoms with E-state index in [0.29, 0.717) is 24.3 Å². The number of aromatic nitrogens is 1. The van der Waals surface area contributed by atoms with E-state index in [0.717, 1.165) is 0 Å². The van der Waals surface area contributed by atoms with Gasteiger partial charge < -0.3 is 5.32 Å². The standard InChI is InChI=1S/C10H15N3O3S/c1-8-4-6-12-10(9(8)13(14)15)11-5-3-7-17(2)16/h4,6H,3,5,7H2,1-2H3,(H,11,12). The highest BCUT2D eigenvalue weighted by atomic mass is 32.2. The van der Waals surface area contributed by atoms with Gasteiger partial charge in [0, 0.05) is 41.1 Å². The van der Waals surface area contributed by atoms with Crippen molar-refractivity contribution in [2.24, 2.45) is 0 Å². The predicted octanol–water partition coefficient (Wildman–Crippen LogP) is 1.48. The number of nitro groups is 1. The molecule has 1 aromatic rings. The molecule has 1 atom stereocenters.